The molecule has 1 aromatic heterocycles. The molecule has 0 bridgehead atoms. The molecule has 0 radical (unpaired) electrons. The second kappa shape index (κ2) is 8.96. The number of nitrogens with zero attached hydrogens (tertiary/aromatic N) is 1. The molecule has 0 unspecified atom stereocenters. The lowest BCUT2D eigenvalue weighted by Gasteiger charge is -2.14. The minimum Gasteiger partial charge on any atom is -0.456 e. The first-order valence-corrected chi connectivity index (χ1v) is 10.2. The molecule has 31 heavy (non-hydrogen) atoms. The predicted octanol–water partition coefficient (Wildman–Crippen LogP) is 5.97. The average Bonchev–Trinajstić information content (AvgIpc) is 2.78. The Kier molecular flexibility index (Phi) is 5.94. The molecule has 0 saturated carbocycles. The molecule has 0 saturated heterocycles. The number of rotatable bonds is 6. The summed E-state index contributed by atoms with van der Waals surface area (Å²) >= 11 is 0. The Labute approximate surface area is 180 Å². The summed E-state index contributed by atoms with van der Waals surface area (Å²) in [5, 5.41) is 3.76. The number of pyridine rings is 1. The van der Waals surface area contributed by atoms with Gasteiger partial charge in [0.05, 0.1) is 5.52 Å². The molecule has 0 aliphatic carbocycles. The maximum absolute atomic E-state index is 13.4. The van der Waals surface area contributed by atoms with Gasteiger partial charge in [0.25, 0.3) is 5.91 Å². The lowest BCUT2D eigenvalue weighted by atomic mass is 10.1. The number of fused-ring (bicyclic) bond motifs is 1. The molecule has 1 heterocycles. The Balaban J connectivity index is 1.56. The SMILES string of the molecule is CCc1ccc2c(Oc3cccc(C(=O)NCc4cccc(F)c4)c3C)ccnc2c1. The Morgan fingerprint density at radius 2 is 1.84 bits per heavy atom. The van der Waals surface area contributed by atoms with E-state index in [9.17, 15) is 9.18 Å². The van der Waals surface area contributed by atoms with Gasteiger partial charge < -0.3 is 10.1 Å². The van der Waals surface area contributed by atoms with Crippen molar-refractivity contribution in [2.24, 2.45) is 0 Å². The molecule has 0 aliphatic heterocycles. The van der Waals surface area contributed by atoms with Crippen LogP contribution in [0.2, 0.25) is 0 Å². The number of benzene rings is 3. The van der Waals surface area contributed by atoms with Crippen molar-refractivity contribution in [2.75, 3.05) is 0 Å². The second-order valence-corrected chi connectivity index (χ2v) is 7.36. The molecular weight excluding hydrogens is 391 g/mol. The number of aryl methyl sites for hydroxylation is 1. The van der Waals surface area contributed by atoms with Gasteiger partial charge in [-0.1, -0.05) is 31.2 Å². The van der Waals surface area contributed by atoms with Crippen LogP contribution in [-0.2, 0) is 13.0 Å². The number of ether oxygens (including phenoxy) is 1. The number of hydrogen-bond acceptors (Lipinski definition) is 3. The number of halogens is 1. The van der Waals surface area contributed by atoms with E-state index in [1.807, 2.05) is 25.1 Å². The van der Waals surface area contributed by atoms with Gasteiger partial charge in [-0.25, -0.2) is 4.39 Å². The van der Waals surface area contributed by atoms with Crippen molar-refractivity contribution in [1.82, 2.24) is 10.3 Å². The van der Waals surface area contributed by atoms with Crippen molar-refractivity contribution in [2.45, 2.75) is 26.8 Å². The molecule has 0 atom stereocenters. The molecule has 156 valence electrons. The third-order valence-electron chi connectivity index (χ3n) is 5.27. The van der Waals surface area contributed by atoms with Crippen molar-refractivity contribution in [1.29, 1.82) is 0 Å². The monoisotopic (exact) mass is 414 g/mol. The van der Waals surface area contributed by atoms with E-state index in [-0.39, 0.29) is 18.3 Å². The van der Waals surface area contributed by atoms with Crippen molar-refractivity contribution < 1.29 is 13.9 Å². The molecule has 4 rings (SSSR count). The number of nitrogens with one attached hydrogen (secondary N) is 1. The van der Waals surface area contributed by atoms with Gasteiger partial charge in [-0.05, 0) is 66.9 Å². The Morgan fingerprint density at radius 3 is 2.65 bits per heavy atom. The third kappa shape index (κ3) is 4.56. The van der Waals surface area contributed by atoms with E-state index in [4.69, 9.17) is 4.74 Å². The molecule has 4 nitrogen and oxygen atoms in total. The maximum atomic E-state index is 13.4. The number of carbonyl (C=O) groups excluding carboxylic acids is 1. The molecule has 0 spiro atoms. The summed E-state index contributed by atoms with van der Waals surface area (Å²) in [4.78, 5) is 17.2. The third-order valence-corrected chi connectivity index (χ3v) is 5.27. The van der Waals surface area contributed by atoms with Gasteiger partial charge in [-0.2, -0.15) is 0 Å². The highest BCUT2D eigenvalue weighted by molar-refractivity contribution is 5.96. The quantitative estimate of drug-likeness (QED) is 0.423. The van der Waals surface area contributed by atoms with Gasteiger partial charge in [-0.15, -0.1) is 0 Å². The van der Waals surface area contributed by atoms with Crippen LogP contribution in [0.25, 0.3) is 10.9 Å². The first-order valence-electron chi connectivity index (χ1n) is 10.2. The molecule has 3 aromatic carbocycles. The van der Waals surface area contributed by atoms with Crippen molar-refractivity contribution in [3.05, 3.63) is 101 Å². The van der Waals surface area contributed by atoms with Gasteiger partial charge in [0, 0.05) is 29.3 Å². The Hall–Kier alpha value is -3.73. The number of aromatic nitrogens is 1. The number of carbonyl (C=O) groups is 1. The highest BCUT2D eigenvalue weighted by atomic mass is 19.1. The maximum Gasteiger partial charge on any atom is 0.251 e. The molecule has 5 heteroatoms. The summed E-state index contributed by atoms with van der Waals surface area (Å²) < 4.78 is 19.6. The van der Waals surface area contributed by atoms with Gasteiger partial charge in [-0.3, -0.25) is 9.78 Å². The highest BCUT2D eigenvalue weighted by Crippen LogP contribution is 2.32. The average molecular weight is 414 g/mol. The van der Waals surface area contributed by atoms with Gasteiger partial charge in [0.2, 0.25) is 0 Å². The van der Waals surface area contributed by atoms with E-state index >= 15 is 0 Å². The normalized spacial score (nSPS) is 10.8. The fourth-order valence-corrected chi connectivity index (χ4v) is 3.49. The smallest absolute Gasteiger partial charge is 0.251 e. The summed E-state index contributed by atoms with van der Waals surface area (Å²) in [6.45, 7) is 4.20. The molecule has 0 fully saturated rings. The lowest BCUT2D eigenvalue weighted by molar-refractivity contribution is 0.0950. The van der Waals surface area contributed by atoms with Gasteiger partial charge in [0.1, 0.15) is 17.3 Å². The summed E-state index contributed by atoms with van der Waals surface area (Å²) in [5.74, 6) is 0.729. The van der Waals surface area contributed by atoms with E-state index in [1.54, 1.807) is 30.5 Å². The molecule has 1 N–H and O–H groups in total. The summed E-state index contributed by atoms with van der Waals surface area (Å²) in [6.07, 6.45) is 2.66. The van der Waals surface area contributed by atoms with E-state index in [0.29, 0.717) is 22.6 Å². The molecule has 0 aliphatic rings. The van der Waals surface area contributed by atoms with Crippen LogP contribution in [0, 0.1) is 12.7 Å². The van der Waals surface area contributed by atoms with Crippen LogP contribution in [0.3, 0.4) is 0 Å². The zero-order valence-corrected chi connectivity index (χ0v) is 17.5. The fraction of sp³-hybridized carbons (Fsp3) is 0.154. The second-order valence-electron chi connectivity index (χ2n) is 7.36. The zero-order chi connectivity index (χ0) is 21.8. The molecular formula is C26H23FN2O2. The van der Waals surface area contributed by atoms with Crippen molar-refractivity contribution in [3.8, 4) is 11.5 Å². The predicted molar refractivity (Wildman–Crippen MR) is 120 cm³/mol. The van der Waals surface area contributed by atoms with Crippen molar-refractivity contribution >= 4 is 16.8 Å². The van der Waals surface area contributed by atoms with Crippen molar-refractivity contribution in [3.63, 3.8) is 0 Å². The van der Waals surface area contributed by atoms with E-state index in [0.717, 1.165) is 22.9 Å². The van der Waals surface area contributed by atoms with Crippen LogP contribution in [0.5, 0.6) is 11.5 Å². The van der Waals surface area contributed by atoms with Crippen LogP contribution in [0.1, 0.15) is 34.0 Å². The summed E-state index contributed by atoms with van der Waals surface area (Å²) in [5.41, 5.74) is 4.03. The molecule has 4 aromatic rings. The topological polar surface area (TPSA) is 51.2 Å². The fourth-order valence-electron chi connectivity index (χ4n) is 3.49. The standard InChI is InChI=1S/C26H23FN2O2/c1-3-18-10-11-22-23(15-18)28-13-12-25(22)31-24-9-5-8-21(17(24)2)26(30)29-16-19-6-4-7-20(27)14-19/h4-15H,3,16H2,1-2H3,(H,29,30). The molecule has 1 amide bonds. The van der Waals surface area contributed by atoms with Crippen LogP contribution >= 0.6 is 0 Å². The minimum absolute atomic E-state index is 0.237. The number of amides is 1. The largest absolute Gasteiger partial charge is 0.456 e. The minimum atomic E-state index is -0.325. The van der Waals surface area contributed by atoms with Gasteiger partial charge in [0.15, 0.2) is 0 Å². The lowest BCUT2D eigenvalue weighted by Crippen LogP contribution is -2.23. The first kappa shape index (κ1) is 20.5. The Bertz CT molecular complexity index is 1250. The van der Waals surface area contributed by atoms with Crippen LogP contribution < -0.4 is 10.1 Å². The number of hydrogen-bond donors (Lipinski definition) is 1. The highest BCUT2D eigenvalue weighted by Gasteiger charge is 2.14. The summed E-state index contributed by atoms with van der Waals surface area (Å²) in [7, 11) is 0. The first-order chi connectivity index (χ1) is 15.0. The van der Waals surface area contributed by atoms with E-state index in [1.165, 1.54) is 17.7 Å². The van der Waals surface area contributed by atoms with Crippen LogP contribution in [0.4, 0.5) is 4.39 Å². The zero-order valence-electron chi connectivity index (χ0n) is 17.5. The summed E-state index contributed by atoms with van der Waals surface area (Å²) in [6, 6.07) is 19.5. The van der Waals surface area contributed by atoms with Crippen LogP contribution in [0.15, 0.2) is 72.9 Å². The Morgan fingerprint density at radius 1 is 1.00 bits per heavy atom. The van der Waals surface area contributed by atoms with E-state index in [2.05, 4.69) is 29.4 Å². The van der Waals surface area contributed by atoms with E-state index < -0.39 is 0 Å². The van der Waals surface area contributed by atoms with Gasteiger partial charge >= 0.3 is 0 Å². The van der Waals surface area contributed by atoms with Crippen LogP contribution in [-0.4, -0.2) is 10.9 Å².